The van der Waals surface area contributed by atoms with Gasteiger partial charge in [0.1, 0.15) is 11.5 Å². The van der Waals surface area contributed by atoms with Gasteiger partial charge in [-0.25, -0.2) is 4.79 Å². The van der Waals surface area contributed by atoms with E-state index in [2.05, 4.69) is 12.1 Å². The molecule has 4 nitrogen and oxygen atoms in total. The van der Waals surface area contributed by atoms with Crippen LogP contribution in [0.25, 0.3) is 6.08 Å². The molecule has 0 aliphatic carbocycles. The molecule has 3 rings (SSSR count). The zero-order valence-electron chi connectivity index (χ0n) is 14.2. The van der Waals surface area contributed by atoms with Crippen LogP contribution in [0.3, 0.4) is 0 Å². The van der Waals surface area contributed by atoms with Gasteiger partial charge in [-0.15, -0.1) is 0 Å². The Morgan fingerprint density at radius 2 is 1.92 bits per heavy atom. The minimum absolute atomic E-state index is 0.342. The summed E-state index contributed by atoms with van der Waals surface area (Å²) < 4.78 is 5.65. The van der Waals surface area contributed by atoms with Crippen molar-refractivity contribution in [2.75, 3.05) is 6.61 Å². The topological polar surface area (TPSA) is 47.9 Å². The molecule has 0 bridgehead atoms. The van der Waals surface area contributed by atoms with Gasteiger partial charge in [0.2, 0.25) is 0 Å². The Morgan fingerprint density at radius 1 is 1.15 bits per heavy atom. The molecule has 2 aromatic carbocycles. The molecule has 0 aromatic heterocycles. The maximum absolute atomic E-state index is 12.1. The summed E-state index contributed by atoms with van der Waals surface area (Å²) in [7, 11) is 0. The lowest BCUT2D eigenvalue weighted by Crippen LogP contribution is -2.07. The van der Waals surface area contributed by atoms with Gasteiger partial charge in [0.25, 0.3) is 0 Å². The predicted octanol–water partition coefficient (Wildman–Crippen LogP) is 5.52. The average Bonchev–Trinajstić information content (AvgIpc) is 2.99. The summed E-state index contributed by atoms with van der Waals surface area (Å²) in [6.07, 6.45) is 3.74. The summed E-state index contributed by atoms with van der Waals surface area (Å²) >= 11 is 12.1. The highest BCUT2D eigenvalue weighted by molar-refractivity contribution is 6.36. The monoisotopic (exact) mass is 389 g/mol. The highest BCUT2D eigenvalue weighted by atomic mass is 35.5. The van der Waals surface area contributed by atoms with Crippen molar-refractivity contribution in [3.63, 3.8) is 0 Å². The number of ether oxygens (including phenoxy) is 1. The smallest absolute Gasteiger partial charge is 0.368 e. The van der Waals surface area contributed by atoms with E-state index in [0.717, 1.165) is 24.2 Å². The first-order valence-corrected chi connectivity index (χ1v) is 9.03. The van der Waals surface area contributed by atoms with E-state index in [4.69, 9.17) is 32.8 Å². The molecule has 0 saturated heterocycles. The molecule has 0 spiro atoms. The molecule has 1 aliphatic rings. The molecule has 6 heteroatoms. The molecule has 134 valence electrons. The molecule has 0 unspecified atom stereocenters. The summed E-state index contributed by atoms with van der Waals surface area (Å²) in [5.41, 5.74) is 2.22. The Labute approximate surface area is 162 Å². The lowest BCUT2D eigenvalue weighted by molar-refractivity contribution is -0.136. The predicted molar refractivity (Wildman–Crippen MR) is 104 cm³/mol. The summed E-state index contributed by atoms with van der Waals surface area (Å²) in [4.78, 5) is 16.9. The normalized spacial score (nSPS) is 15.1. The number of hydrogen-bond acceptors (Lipinski definition) is 4. The first-order valence-electron chi connectivity index (χ1n) is 8.28. The molecule has 1 aliphatic heterocycles. The van der Waals surface area contributed by atoms with E-state index in [0.29, 0.717) is 33.5 Å². The Kier molecular flexibility index (Phi) is 5.96. The fraction of sp³-hybridized carbons (Fsp3) is 0.200. The molecular weight excluding hydrogens is 373 g/mol. The van der Waals surface area contributed by atoms with Gasteiger partial charge in [0.15, 0.2) is 0 Å². The second-order valence-electron chi connectivity index (χ2n) is 5.77. The van der Waals surface area contributed by atoms with E-state index in [1.807, 2.05) is 24.3 Å². The van der Waals surface area contributed by atoms with Crippen molar-refractivity contribution in [1.29, 1.82) is 0 Å². The maximum Gasteiger partial charge on any atom is 0.368 e. The molecule has 0 fully saturated rings. The minimum Gasteiger partial charge on any atom is -0.494 e. The molecule has 0 amide bonds. The van der Waals surface area contributed by atoms with Gasteiger partial charge in [-0.3, -0.25) is 0 Å². The standard InChI is InChI=1S/C20H17Cl2NO3/c1-2-3-10-25-16-8-5-13(6-9-16)19-17(20(24)26-23-19)11-14-4-7-15(21)12-18(14)22/h4-9,11-12H,2-3,10H2,1H3. The first kappa shape index (κ1) is 18.5. The van der Waals surface area contributed by atoms with Crippen molar-refractivity contribution in [2.24, 2.45) is 5.16 Å². The summed E-state index contributed by atoms with van der Waals surface area (Å²) in [5.74, 6) is 0.258. The number of nitrogens with zero attached hydrogens (tertiary/aromatic N) is 1. The summed E-state index contributed by atoms with van der Waals surface area (Å²) in [6.45, 7) is 2.79. The van der Waals surface area contributed by atoms with Gasteiger partial charge < -0.3 is 9.57 Å². The van der Waals surface area contributed by atoms with Crippen LogP contribution in [0.5, 0.6) is 5.75 Å². The highest BCUT2D eigenvalue weighted by Crippen LogP contribution is 2.27. The second kappa shape index (κ2) is 8.39. The van der Waals surface area contributed by atoms with E-state index in [9.17, 15) is 4.79 Å². The Morgan fingerprint density at radius 3 is 2.62 bits per heavy atom. The SMILES string of the molecule is CCCCOc1ccc(C2=NOC(=O)C2=Cc2ccc(Cl)cc2Cl)cc1. The van der Waals surface area contributed by atoms with Crippen LogP contribution in [-0.4, -0.2) is 18.3 Å². The number of unbranched alkanes of at least 4 members (excludes halogenated alkanes) is 1. The van der Waals surface area contributed by atoms with Gasteiger partial charge in [-0.1, -0.05) is 47.8 Å². The molecule has 0 N–H and O–H groups in total. The third-order valence-electron chi connectivity index (χ3n) is 3.85. The second-order valence-corrected chi connectivity index (χ2v) is 6.61. The number of oxime groups is 1. The van der Waals surface area contributed by atoms with Gasteiger partial charge in [-0.2, -0.15) is 0 Å². The Balaban J connectivity index is 1.84. The van der Waals surface area contributed by atoms with Crippen LogP contribution in [0.4, 0.5) is 0 Å². The molecular formula is C20H17Cl2NO3. The van der Waals surface area contributed by atoms with Crippen molar-refractivity contribution in [1.82, 2.24) is 0 Å². The summed E-state index contributed by atoms with van der Waals surface area (Å²) in [6, 6.07) is 12.5. The van der Waals surface area contributed by atoms with Crippen molar-refractivity contribution in [3.05, 3.63) is 69.2 Å². The number of carbonyl (C=O) groups excluding carboxylic acids is 1. The van der Waals surface area contributed by atoms with E-state index in [1.165, 1.54) is 0 Å². The van der Waals surface area contributed by atoms with E-state index < -0.39 is 5.97 Å². The van der Waals surface area contributed by atoms with Crippen molar-refractivity contribution >= 4 is 41.0 Å². The van der Waals surface area contributed by atoms with Gasteiger partial charge in [-0.05, 0) is 54.5 Å². The molecule has 1 heterocycles. The number of halogens is 2. The Hall–Kier alpha value is -2.30. The zero-order valence-corrected chi connectivity index (χ0v) is 15.7. The van der Waals surface area contributed by atoms with Crippen LogP contribution in [0.1, 0.15) is 30.9 Å². The quantitative estimate of drug-likeness (QED) is 0.371. The zero-order chi connectivity index (χ0) is 18.5. The van der Waals surface area contributed by atoms with Gasteiger partial charge in [0, 0.05) is 15.6 Å². The van der Waals surface area contributed by atoms with Crippen LogP contribution in [0, 0.1) is 0 Å². The Bertz CT molecular complexity index is 873. The summed E-state index contributed by atoms with van der Waals surface area (Å²) in [5, 5.41) is 4.88. The molecule has 26 heavy (non-hydrogen) atoms. The largest absolute Gasteiger partial charge is 0.494 e. The van der Waals surface area contributed by atoms with Crippen molar-refractivity contribution in [3.8, 4) is 5.75 Å². The number of carbonyl (C=O) groups is 1. The van der Waals surface area contributed by atoms with Crippen molar-refractivity contribution < 1.29 is 14.4 Å². The van der Waals surface area contributed by atoms with Crippen LogP contribution in [0.2, 0.25) is 10.0 Å². The third kappa shape index (κ3) is 4.26. The van der Waals surface area contributed by atoms with E-state index in [-0.39, 0.29) is 0 Å². The van der Waals surface area contributed by atoms with Crippen LogP contribution in [0.15, 0.2) is 53.2 Å². The molecule has 2 aromatic rings. The third-order valence-corrected chi connectivity index (χ3v) is 4.41. The molecule has 0 saturated carbocycles. The van der Waals surface area contributed by atoms with E-state index >= 15 is 0 Å². The lowest BCUT2D eigenvalue weighted by Gasteiger charge is -2.06. The van der Waals surface area contributed by atoms with Crippen LogP contribution in [-0.2, 0) is 9.63 Å². The van der Waals surface area contributed by atoms with Gasteiger partial charge >= 0.3 is 5.97 Å². The average molecular weight is 390 g/mol. The lowest BCUT2D eigenvalue weighted by atomic mass is 10.0. The first-order chi connectivity index (χ1) is 12.6. The number of benzene rings is 2. The van der Waals surface area contributed by atoms with Gasteiger partial charge in [0.05, 0.1) is 12.2 Å². The van der Waals surface area contributed by atoms with Crippen molar-refractivity contribution in [2.45, 2.75) is 19.8 Å². The molecule has 0 radical (unpaired) electrons. The number of hydrogen-bond donors (Lipinski definition) is 0. The fourth-order valence-electron chi connectivity index (χ4n) is 2.44. The van der Waals surface area contributed by atoms with Crippen LogP contribution < -0.4 is 4.74 Å². The maximum atomic E-state index is 12.1. The minimum atomic E-state index is -0.519. The molecule has 0 atom stereocenters. The fourth-order valence-corrected chi connectivity index (χ4v) is 2.90. The van der Waals surface area contributed by atoms with E-state index in [1.54, 1.807) is 24.3 Å². The van der Waals surface area contributed by atoms with Crippen LogP contribution >= 0.6 is 23.2 Å². The number of rotatable bonds is 6. The highest BCUT2D eigenvalue weighted by Gasteiger charge is 2.27.